The van der Waals surface area contributed by atoms with Gasteiger partial charge in [0.05, 0.1) is 24.8 Å². The summed E-state index contributed by atoms with van der Waals surface area (Å²) in [5.74, 6) is 6.89. The number of aliphatic hydroxyl groups excluding tert-OH is 2. The van der Waals surface area contributed by atoms with E-state index < -0.39 is 18.8 Å². The fourth-order valence-corrected chi connectivity index (χ4v) is 2.68. The lowest BCUT2D eigenvalue weighted by Crippen LogP contribution is -2.45. The van der Waals surface area contributed by atoms with Crippen molar-refractivity contribution in [3.8, 4) is 40.4 Å². The highest BCUT2D eigenvalue weighted by Gasteiger charge is 2.19. The summed E-state index contributed by atoms with van der Waals surface area (Å²) in [6.07, 6.45) is 0.894. The Labute approximate surface area is 179 Å². The average Bonchev–Trinajstić information content (AvgIpc) is 3.27. The summed E-state index contributed by atoms with van der Waals surface area (Å²) in [4.78, 5) is 4.43. The van der Waals surface area contributed by atoms with Gasteiger partial charge in [0.15, 0.2) is 0 Å². The van der Waals surface area contributed by atoms with E-state index in [2.05, 4.69) is 22.0 Å². The smallest absolute Gasteiger partial charge is 0.258 e. The van der Waals surface area contributed by atoms with Crippen molar-refractivity contribution >= 4 is 11.6 Å². The first-order valence-corrected chi connectivity index (χ1v) is 9.76. The van der Waals surface area contributed by atoms with E-state index in [-0.39, 0.29) is 0 Å². The van der Waals surface area contributed by atoms with Crippen molar-refractivity contribution in [2.45, 2.75) is 18.9 Å². The van der Waals surface area contributed by atoms with Gasteiger partial charge in [-0.25, -0.2) is 0 Å². The molecule has 1 aromatic heterocycles. The third-order valence-electron chi connectivity index (χ3n) is 4.23. The lowest BCUT2D eigenvalue weighted by molar-refractivity contribution is 0.158. The molecule has 4 N–H and O–H groups in total. The molecular formula is C22H22ClN3O4. The molecule has 0 spiro atoms. The van der Waals surface area contributed by atoms with E-state index >= 15 is 0 Å². The minimum Gasteiger partial charge on any atom is -0.492 e. The molecule has 30 heavy (non-hydrogen) atoms. The summed E-state index contributed by atoms with van der Waals surface area (Å²) in [5, 5.41) is 22.9. The number of aromatic nitrogens is 2. The molecule has 0 unspecified atom stereocenters. The summed E-state index contributed by atoms with van der Waals surface area (Å²) in [6, 6.07) is 12.4. The molecule has 0 radical (unpaired) electrons. The SMILES string of the molecule is CCCOc1ccc(-c2nc(-c3ccc(C#CC(N)(CO)CO)cc3)no2)cc1Cl. The fraction of sp³-hybridized carbons (Fsp3) is 0.273. The van der Waals surface area contributed by atoms with E-state index in [1.54, 1.807) is 36.4 Å². The first-order valence-electron chi connectivity index (χ1n) is 9.38. The lowest BCUT2D eigenvalue weighted by atomic mass is 10.0. The predicted octanol–water partition coefficient (Wildman–Crippen LogP) is 2.88. The Kier molecular flexibility index (Phi) is 7.08. The number of ether oxygens (including phenoxy) is 1. The number of nitrogens with two attached hydrogens (primary N) is 1. The van der Waals surface area contributed by atoms with Crippen molar-refractivity contribution in [1.29, 1.82) is 0 Å². The maximum atomic E-state index is 9.19. The van der Waals surface area contributed by atoms with Gasteiger partial charge in [-0.05, 0) is 48.9 Å². The van der Waals surface area contributed by atoms with E-state index in [4.69, 9.17) is 26.6 Å². The molecule has 156 valence electrons. The molecule has 0 aliphatic rings. The molecule has 0 saturated carbocycles. The van der Waals surface area contributed by atoms with Crippen LogP contribution in [0.15, 0.2) is 47.0 Å². The molecule has 0 fully saturated rings. The lowest BCUT2D eigenvalue weighted by Gasteiger charge is -2.16. The van der Waals surface area contributed by atoms with E-state index in [1.807, 2.05) is 13.0 Å². The molecule has 3 aromatic rings. The van der Waals surface area contributed by atoms with E-state index in [1.165, 1.54) is 0 Å². The first-order chi connectivity index (χ1) is 14.5. The van der Waals surface area contributed by atoms with Crippen molar-refractivity contribution in [2.24, 2.45) is 5.73 Å². The average molecular weight is 428 g/mol. The Morgan fingerprint density at radius 3 is 2.47 bits per heavy atom. The first kappa shape index (κ1) is 21.8. The molecule has 0 amide bonds. The quantitative estimate of drug-likeness (QED) is 0.496. The molecule has 8 heteroatoms. The molecule has 3 rings (SSSR count). The molecule has 0 saturated heterocycles. The number of nitrogens with zero attached hydrogens (tertiary/aromatic N) is 2. The zero-order valence-electron chi connectivity index (χ0n) is 16.4. The predicted molar refractivity (Wildman–Crippen MR) is 114 cm³/mol. The van der Waals surface area contributed by atoms with Crippen LogP contribution in [0.4, 0.5) is 0 Å². The van der Waals surface area contributed by atoms with Gasteiger partial charge in [-0.1, -0.05) is 35.5 Å². The Morgan fingerprint density at radius 1 is 1.13 bits per heavy atom. The molecule has 1 heterocycles. The minimum atomic E-state index is -1.33. The number of benzene rings is 2. The Balaban J connectivity index is 1.77. The van der Waals surface area contributed by atoms with Crippen LogP contribution in [-0.4, -0.2) is 45.7 Å². The van der Waals surface area contributed by atoms with E-state index in [0.29, 0.717) is 40.2 Å². The maximum absolute atomic E-state index is 9.19. The van der Waals surface area contributed by atoms with Gasteiger partial charge < -0.3 is 25.2 Å². The number of aliphatic hydroxyl groups is 2. The van der Waals surface area contributed by atoms with Crippen LogP contribution >= 0.6 is 11.6 Å². The van der Waals surface area contributed by atoms with Crippen LogP contribution in [0, 0.1) is 11.8 Å². The topological polar surface area (TPSA) is 115 Å². The highest BCUT2D eigenvalue weighted by Crippen LogP contribution is 2.30. The van der Waals surface area contributed by atoms with Gasteiger partial charge in [-0.2, -0.15) is 4.98 Å². The van der Waals surface area contributed by atoms with E-state index in [9.17, 15) is 10.2 Å². The van der Waals surface area contributed by atoms with Crippen molar-refractivity contribution in [1.82, 2.24) is 10.1 Å². The van der Waals surface area contributed by atoms with Crippen LogP contribution in [0.3, 0.4) is 0 Å². The highest BCUT2D eigenvalue weighted by molar-refractivity contribution is 6.32. The number of halogens is 1. The molecule has 0 aliphatic heterocycles. The second-order valence-corrected chi connectivity index (χ2v) is 7.12. The van der Waals surface area contributed by atoms with Crippen LogP contribution in [0.2, 0.25) is 5.02 Å². The zero-order valence-corrected chi connectivity index (χ0v) is 17.2. The van der Waals surface area contributed by atoms with Gasteiger partial charge in [-0.3, -0.25) is 0 Å². The van der Waals surface area contributed by atoms with Crippen molar-refractivity contribution in [2.75, 3.05) is 19.8 Å². The number of rotatable bonds is 7. The largest absolute Gasteiger partial charge is 0.492 e. The van der Waals surface area contributed by atoms with Gasteiger partial charge in [0.25, 0.3) is 5.89 Å². The van der Waals surface area contributed by atoms with Crippen LogP contribution in [0.5, 0.6) is 5.75 Å². The van der Waals surface area contributed by atoms with Crippen LogP contribution < -0.4 is 10.5 Å². The Hall–Kier alpha value is -2.89. The van der Waals surface area contributed by atoms with Crippen LogP contribution in [0.1, 0.15) is 18.9 Å². The van der Waals surface area contributed by atoms with E-state index in [0.717, 1.165) is 12.0 Å². The normalized spacial score (nSPS) is 11.1. The monoisotopic (exact) mass is 427 g/mol. The maximum Gasteiger partial charge on any atom is 0.258 e. The summed E-state index contributed by atoms with van der Waals surface area (Å²) in [7, 11) is 0. The molecule has 0 atom stereocenters. The number of hydrogen-bond acceptors (Lipinski definition) is 7. The Morgan fingerprint density at radius 2 is 1.83 bits per heavy atom. The van der Waals surface area contributed by atoms with Gasteiger partial charge in [0, 0.05) is 16.7 Å². The van der Waals surface area contributed by atoms with Crippen LogP contribution in [-0.2, 0) is 0 Å². The van der Waals surface area contributed by atoms with Crippen molar-refractivity contribution < 1.29 is 19.5 Å². The molecule has 7 nitrogen and oxygen atoms in total. The second kappa shape index (κ2) is 9.74. The summed E-state index contributed by atoms with van der Waals surface area (Å²) >= 11 is 6.27. The van der Waals surface area contributed by atoms with Gasteiger partial charge in [-0.15, -0.1) is 0 Å². The minimum absolute atomic E-state index is 0.344. The van der Waals surface area contributed by atoms with Gasteiger partial charge in [0.2, 0.25) is 5.82 Å². The molecule has 0 bridgehead atoms. The van der Waals surface area contributed by atoms with Crippen molar-refractivity contribution in [3.63, 3.8) is 0 Å². The van der Waals surface area contributed by atoms with Gasteiger partial charge >= 0.3 is 0 Å². The van der Waals surface area contributed by atoms with Crippen molar-refractivity contribution in [3.05, 3.63) is 53.1 Å². The zero-order chi connectivity index (χ0) is 21.6. The van der Waals surface area contributed by atoms with Gasteiger partial charge in [0.1, 0.15) is 11.3 Å². The standard InChI is InChI=1S/C22H22ClN3O4/c1-2-11-29-19-8-7-17(12-18(19)23)21-25-20(26-30-21)16-5-3-15(4-6-16)9-10-22(24,13-27)14-28/h3-8,12,27-28H,2,11,13-14,24H2,1H3. The molecular weight excluding hydrogens is 406 g/mol. The third kappa shape index (κ3) is 5.17. The summed E-state index contributed by atoms with van der Waals surface area (Å²) in [5.41, 5.74) is 6.52. The molecule has 0 aliphatic carbocycles. The van der Waals surface area contributed by atoms with Crippen LogP contribution in [0.25, 0.3) is 22.8 Å². The second-order valence-electron chi connectivity index (χ2n) is 6.72. The highest BCUT2D eigenvalue weighted by atomic mass is 35.5. The fourth-order valence-electron chi connectivity index (χ4n) is 2.45. The number of hydrogen-bond donors (Lipinski definition) is 3. The Bertz CT molecular complexity index is 1050. The third-order valence-corrected chi connectivity index (χ3v) is 4.53. The summed E-state index contributed by atoms with van der Waals surface area (Å²) < 4.78 is 10.9. The summed E-state index contributed by atoms with van der Waals surface area (Å²) in [6.45, 7) is 1.75. The molecule has 2 aromatic carbocycles.